The Hall–Kier alpha value is -6.99. The summed E-state index contributed by atoms with van der Waals surface area (Å²) < 4.78 is 22.1. The largest absolute Gasteiger partial charge is 0.508 e. The van der Waals surface area contributed by atoms with E-state index in [0.717, 1.165) is 120 Å². The van der Waals surface area contributed by atoms with Gasteiger partial charge in [0.2, 0.25) is 0 Å². The number of methoxy groups -OCH3 is 3. The molecule has 0 aromatic heterocycles. The Morgan fingerprint density at radius 2 is 0.766 bits per heavy atom. The zero-order chi connectivity index (χ0) is 65.6. The zero-order valence-electron chi connectivity index (χ0n) is 56.2. The van der Waals surface area contributed by atoms with Crippen molar-refractivity contribution >= 4 is 33.9 Å². The molecule has 12 heteroatoms. The molecule has 5 aromatic rings. The lowest BCUT2D eigenvalue weighted by atomic mass is 9.60. The lowest BCUT2D eigenvalue weighted by Crippen LogP contribution is -2.41. The first-order valence-corrected chi connectivity index (χ1v) is 35.4. The minimum absolute atomic E-state index is 0.0328. The summed E-state index contributed by atoms with van der Waals surface area (Å²) >= 11 is 0. The molecule has 0 spiro atoms. The summed E-state index contributed by atoms with van der Waals surface area (Å²) in [6.45, 7) is 9.13. The predicted octanol–water partition coefficient (Wildman–Crippen LogP) is 16.8. The van der Waals surface area contributed by atoms with E-state index in [1.54, 1.807) is 27.4 Å². The highest BCUT2D eigenvalue weighted by Gasteiger charge is 2.57. The van der Waals surface area contributed by atoms with Crippen LogP contribution in [0.5, 0.6) is 23.0 Å². The Labute approximate surface area is 555 Å². The number of benzene rings is 5. The number of hydrogen-bond donors (Lipinski definition) is 4. The maximum atomic E-state index is 12.8. The number of phenolic OH excluding ortho intramolecular Hbond substituents is 1. The van der Waals surface area contributed by atoms with Gasteiger partial charge in [0.25, 0.3) is 5.69 Å². The highest BCUT2D eigenvalue weighted by Crippen LogP contribution is 2.63. The molecular weight excluding hydrogens is 1170 g/mol. The molecule has 0 amide bonds. The number of ether oxygens (including phenoxy) is 4. The van der Waals surface area contributed by atoms with E-state index < -0.39 is 10.9 Å². The van der Waals surface area contributed by atoms with E-state index in [1.165, 1.54) is 117 Å². The Morgan fingerprint density at radius 3 is 1.13 bits per heavy atom. The molecule has 4 N–H and O–H groups in total. The fourth-order valence-corrected chi connectivity index (χ4v) is 21.2. The van der Waals surface area contributed by atoms with E-state index in [9.17, 15) is 35.3 Å². The molecular formula is C82H97NO11. The van der Waals surface area contributed by atoms with Crippen LogP contribution >= 0.6 is 0 Å². The Balaban J connectivity index is 0.000000110. The molecule has 94 heavy (non-hydrogen) atoms. The van der Waals surface area contributed by atoms with Gasteiger partial charge in [-0.3, -0.25) is 10.1 Å². The Morgan fingerprint density at radius 1 is 0.436 bits per heavy atom. The van der Waals surface area contributed by atoms with Crippen LogP contribution in [0.15, 0.2) is 121 Å². The van der Waals surface area contributed by atoms with Crippen LogP contribution in [0, 0.1) is 79.1 Å². The molecule has 16 atom stereocenters. The van der Waals surface area contributed by atoms with E-state index in [-0.39, 0.29) is 51.8 Å². The number of nitro groups is 1. The van der Waals surface area contributed by atoms with Gasteiger partial charge in [-0.05, 0) is 303 Å². The van der Waals surface area contributed by atoms with Crippen molar-refractivity contribution in [1.82, 2.24) is 0 Å². The number of hydrogen-bond acceptors (Lipinski definition) is 11. The third-order valence-corrected chi connectivity index (χ3v) is 26.7. The molecule has 496 valence electrons. The average molecular weight is 1270 g/mol. The average Bonchev–Trinajstić information content (AvgIpc) is 1.47. The number of nitrogens with zero attached hydrogens (tertiary/aromatic N) is 1. The first-order chi connectivity index (χ1) is 45.3. The number of nitro benzene ring substituents is 1. The molecule has 5 aromatic carbocycles. The van der Waals surface area contributed by atoms with Crippen molar-refractivity contribution in [2.24, 2.45) is 69.0 Å². The number of rotatable bonds is 6. The lowest BCUT2D eigenvalue weighted by Gasteiger charge is -2.46. The molecule has 4 fully saturated rings. The highest BCUT2D eigenvalue weighted by atomic mass is 16.6. The van der Waals surface area contributed by atoms with Crippen LogP contribution in [-0.2, 0) is 30.4 Å². The van der Waals surface area contributed by atoms with Gasteiger partial charge in [-0.2, -0.15) is 0 Å². The lowest BCUT2D eigenvalue weighted by molar-refractivity contribution is -0.384. The maximum Gasteiger partial charge on any atom is 0.338 e. The van der Waals surface area contributed by atoms with Gasteiger partial charge < -0.3 is 39.4 Å². The van der Waals surface area contributed by atoms with Crippen molar-refractivity contribution in [1.29, 1.82) is 0 Å². The third kappa shape index (κ3) is 11.1. The van der Waals surface area contributed by atoms with E-state index in [4.69, 9.17) is 18.9 Å². The van der Waals surface area contributed by atoms with E-state index in [1.807, 2.05) is 12.1 Å². The number of carbonyl (C=O) groups excluding carboxylic acids is 1. The number of aliphatic hydroxyl groups is 3. The van der Waals surface area contributed by atoms with Gasteiger partial charge in [0.1, 0.15) is 29.1 Å². The maximum absolute atomic E-state index is 12.8. The number of phenols is 1. The van der Waals surface area contributed by atoms with Gasteiger partial charge >= 0.3 is 5.97 Å². The summed E-state index contributed by atoms with van der Waals surface area (Å²) in [7, 11) is 5.17. The molecule has 0 heterocycles. The summed E-state index contributed by atoms with van der Waals surface area (Å²) in [4.78, 5) is 23.2. The fourth-order valence-electron chi connectivity index (χ4n) is 21.2. The minimum Gasteiger partial charge on any atom is -0.508 e. The molecule has 12 aliphatic carbocycles. The van der Waals surface area contributed by atoms with Gasteiger partial charge in [0, 0.05) is 33.8 Å². The van der Waals surface area contributed by atoms with Gasteiger partial charge in [-0.25, -0.2) is 4.79 Å². The van der Waals surface area contributed by atoms with E-state index in [0.29, 0.717) is 58.7 Å². The van der Waals surface area contributed by atoms with Crippen molar-refractivity contribution in [3.05, 3.63) is 182 Å². The summed E-state index contributed by atoms with van der Waals surface area (Å²) in [6, 6.07) is 30.9. The predicted molar refractivity (Wildman–Crippen MR) is 368 cm³/mol. The minimum atomic E-state index is -0.470. The van der Waals surface area contributed by atoms with Crippen LogP contribution < -0.4 is 14.2 Å². The number of fused-ring (bicyclic) bond motifs is 20. The van der Waals surface area contributed by atoms with Crippen molar-refractivity contribution in [2.45, 2.75) is 181 Å². The van der Waals surface area contributed by atoms with Crippen molar-refractivity contribution in [2.75, 3.05) is 21.3 Å². The number of aliphatic hydroxyl groups excluding tert-OH is 3. The van der Waals surface area contributed by atoms with E-state index >= 15 is 0 Å². The van der Waals surface area contributed by atoms with Gasteiger partial charge in [-0.15, -0.1) is 0 Å². The standard InChI is InChI=1S/C26H27NO5.2C19H24O2.C18H22O2/c1-26-14-13-21-20-10-8-19(31-2)15-17(20)5-9-22(21)23(26)11-12-24(26)32-25(28)16-3-6-18(7-4-16)27(29)30;2*1-19-10-9-15-14-6-4-13(21-2)11-12(14)3-5-16(15)17(19)7-8-18(19)20;1-18-9-8-14-13-5-3-12(19)10-11(13)2-4-15(14)16(18)6-7-17(18)20/h3-4,6-8,10,13,15,22-24H,5,9,11-12,14H2,1-2H3;2*4,6,9,11,16-18,20H,3,5,7-8,10H2,1-2H3;3,5,8,10,15-17,19-20H,2,4,6-7,9H2,1H3/t22-,23+,24-,26+;2*16-,17+,18+,19+;15-,16+,17+,18+/m0000/s1. The summed E-state index contributed by atoms with van der Waals surface area (Å²) in [6.07, 6.45) is 30.4. The molecule has 4 saturated carbocycles. The monoisotopic (exact) mass is 1270 g/mol. The van der Waals surface area contributed by atoms with Crippen molar-refractivity contribution < 1.29 is 49.1 Å². The summed E-state index contributed by atoms with van der Waals surface area (Å²) in [5, 5.41) is 51.6. The van der Waals surface area contributed by atoms with Crippen molar-refractivity contribution in [3.63, 3.8) is 0 Å². The summed E-state index contributed by atoms with van der Waals surface area (Å²) in [5.41, 5.74) is 17.6. The van der Waals surface area contributed by atoms with Gasteiger partial charge in [-0.1, -0.05) is 76.3 Å². The second-order valence-corrected chi connectivity index (χ2v) is 30.9. The highest BCUT2D eigenvalue weighted by molar-refractivity contribution is 5.90. The number of aryl methyl sites for hydroxylation is 4. The fraction of sp³-hybridized carbons (Fsp3) is 0.524. The molecule has 0 bridgehead atoms. The summed E-state index contributed by atoms with van der Waals surface area (Å²) in [5.74, 6) is 7.58. The van der Waals surface area contributed by atoms with Gasteiger partial charge in [0.05, 0.1) is 50.1 Å². The normalized spacial score (nSPS) is 34.4. The smallest absolute Gasteiger partial charge is 0.338 e. The SMILES string of the molecule is COc1ccc2c(c1)CC[C@H]1C2=CC[C@@]2(C)[C@@H](OC(=O)c3ccc([N+](=O)[O-])cc3)CC[C@H]12.COc1ccc2c(c1)CC[C@H]1C2=CC[C@@]2(C)[C@H](O)CC[C@H]12.COc1ccc2c(c1)CC[C@H]1C2=CC[C@@]2(C)[C@H](O)CC[C@H]12.C[C@@]12CC=C3c4ccc(O)cc4CC[C@@H]3[C@H]1CC[C@H]2O. The molecule has 0 aliphatic heterocycles. The number of carbonyl (C=O) groups is 1. The van der Waals surface area contributed by atoms with E-state index in [2.05, 4.69) is 107 Å². The van der Waals surface area contributed by atoms with Crippen LogP contribution in [0.3, 0.4) is 0 Å². The molecule has 0 saturated heterocycles. The Bertz CT molecular complexity index is 3770. The second-order valence-electron chi connectivity index (χ2n) is 30.9. The number of esters is 1. The van der Waals surface area contributed by atoms with Crippen LogP contribution in [-0.4, -0.2) is 77.1 Å². The Kier molecular flexibility index (Phi) is 17.3. The van der Waals surface area contributed by atoms with Crippen LogP contribution in [0.1, 0.15) is 185 Å². The molecule has 17 rings (SSSR count). The number of aromatic hydroxyl groups is 1. The molecule has 12 nitrogen and oxygen atoms in total. The zero-order valence-corrected chi connectivity index (χ0v) is 56.2. The van der Waals surface area contributed by atoms with Crippen LogP contribution in [0.2, 0.25) is 0 Å². The van der Waals surface area contributed by atoms with Gasteiger partial charge in [0.15, 0.2) is 0 Å². The first kappa shape index (κ1) is 64.4. The molecule has 0 unspecified atom stereocenters. The molecule has 0 radical (unpaired) electrons. The van der Waals surface area contributed by atoms with Crippen LogP contribution in [0.4, 0.5) is 5.69 Å². The first-order valence-electron chi connectivity index (χ1n) is 35.4. The molecule has 12 aliphatic rings. The number of non-ortho nitro benzene ring substituents is 1. The quantitative estimate of drug-likeness (QED) is 0.0722. The third-order valence-electron chi connectivity index (χ3n) is 26.7. The number of allylic oxidation sites excluding steroid dienone is 8. The van der Waals surface area contributed by atoms with Crippen molar-refractivity contribution in [3.8, 4) is 23.0 Å². The second kappa shape index (κ2) is 25.2. The van der Waals surface area contributed by atoms with Crippen LogP contribution in [0.25, 0.3) is 22.3 Å². The topological polar surface area (TPSA) is 178 Å².